The fourth-order valence-corrected chi connectivity index (χ4v) is 3.06. The normalized spacial score (nSPS) is 28.0. The first kappa shape index (κ1) is 14.4. The maximum Gasteiger partial charge on any atom is 0.346 e. The minimum Gasteiger partial charge on any atom is -0.301 e. The van der Waals surface area contributed by atoms with Crippen LogP contribution < -0.4 is 0 Å². The van der Waals surface area contributed by atoms with Crippen molar-refractivity contribution in [2.45, 2.75) is 9.33 Å². The van der Waals surface area contributed by atoms with Gasteiger partial charge in [-0.25, -0.2) is 9.59 Å². The summed E-state index contributed by atoms with van der Waals surface area (Å²) in [7, 11) is 3.88. The van der Waals surface area contributed by atoms with Crippen LogP contribution in [0.5, 0.6) is 0 Å². The molecule has 1 fully saturated rings. The van der Waals surface area contributed by atoms with Crippen molar-refractivity contribution in [2.75, 3.05) is 21.1 Å². The van der Waals surface area contributed by atoms with E-state index in [9.17, 15) is 14.4 Å². The lowest BCUT2D eigenvalue weighted by atomic mass is 9.94. The van der Waals surface area contributed by atoms with Crippen molar-refractivity contribution in [1.82, 2.24) is 14.7 Å². The molecule has 7 nitrogen and oxygen atoms in total. The standard InChI is InChI=1S/C9H9Cl3N4O3/c1-14-4-8(9(10,11)12,16(3)6(18)13-4)5(17)15(2)7(14)19/h1-3H3/t8-/m1/s1. The van der Waals surface area contributed by atoms with E-state index in [1.54, 1.807) is 0 Å². The maximum atomic E-state index is 12.4. The van der Waals surface area contributed by atoms with Crippen LogP contribution in [0.15, 0.2) is 4.99 Å². The summed E-state index contributed by atoms with van der Waals surface area (Å²) in [6.07, 6.45) is 0. The number of alkyl halides is 3. The van der Waals surface area contributed by atoms with E-state index >= 15 is 0 Å². The fraction of sp³-hybridized carbons (Fsp3) is 0.556. The van der Waals surface area contributed by atoms with Crippen molar-refractivity contribution in [3.05, 3.63) is 0 Å². The van der Waals surface area contributed by atoms with E-state index in [1.807, 2.05) is 0 Å². The molecule has 0 spiro atoms. The van der Waals surface area contributed by atoms with Crippen LogP contribution in [0.2, 0.25) is 0 Å². The number of aliphatic imine (C=N–C) groups is 1. The Morgan fingerprint density at radius 1 is 1.05 bits per heavy atom. The molecule has 0 aliphatic carbocycles. The summed E-state index contributed by atoms with van der Waals surface area (Å²) in [4.78, 5) is 42.4. The molecule has 10 heteroatoms. The smallest absolute Gasteiger partial charge is 0.301 e. The van der Waals surface area contributed by atoms with Crippen LogP contribution in [0.4, 0.5) is 9.59 Å². The van der Waals surface area contributed by atoms with E-state index in [1.165, 1.54) is 21.1 Å². The maximum absolute atomic E-state index is 12.4. The van der Waals surface area contributed by atoms with Crippen LogP contribution in [0.1, 0.15) is 0 Å². The zero-order chi connectivity index (χ0) is 14.7. The Bertz CT molecular complexity index is 529. The highest BCUT2D eigenvalue weighted by atomic mass is 35.6. The summed E-state index contributed by atoms with van der Waals surface area (Å²) < 4.78 is -2.17. The third-order valence-electron chi connectivity index (χ3n) is 3.23. The number of rotatable bonds is 0. The summed E-state index contributed by atoms with van der Waals surface area (Å²) in [6.45, 7) is 0. The average Bonchev–Trinajstić information content (AvgIpc) is 2.57. The van der Waals surface area contributed by atoms with E-state index in [0.29, 0.717) is 0 Å². The lowest BCUT2D eigenvalue weighted by Gasteiger charge is -2.47. The molecule has 1 saturated heterocycles. The number of urea groups is 2. The van der Waals surface area contributed by atoms with Crippen molar-refractivity contribution in [2.24, 2.45) is 4.99 Å². The van der Waals surface area contributed by atoms with E-state index in [2.05, 4.69) is 4.99 Å². The second-order valence-corrected chi connectivity index (χ2v) is 6.47. The summed E-state index contributed by atoms with van der Waals surface area (Å²) in [6, 6.07) is -1.42. The van der Waals surface area contributed by atoms with Crippen molar-refractivity contribution in [3.63, 3.8) is 0 Å². The molecule has 2 aliphatic rings. The number of amidine groups is 1. The molecule has 2 heterocycles. The van der Waals surface area contributed by atoms with Crippen LogP contribution in [0, 0.1) is 0 Å². The predicted molar refractivity (Wildman–Crippen MR) is 69.5 cm³/mol. The molecule has 5 amide bonds. The van der Waals surface area contributed by atoms with Gasteiger partial charge in [-0.3, -0.25) is 14.6 Å². The number of hydrogen-bond donors (Lipinski definition) is 0. The summed E-state index contributed by atoms with van der Waals surface area (Å²) in [5, 5.41) is 0. The number of hydrogen-bond acceptors (Lipinski definition) is 3. The van der Waals surface area contributed by atoms with Gasteiger partial charge in [0.05, 0.1) is 0 Å². The lowest BCUT2D eigenvalue weighted by Crippen LogP contribution is -2.75. The quantitative estimate of drug-likeness (QED) is 0.625. The minimum atomic E-state index is -2.17. The molecule has 0 aromatic carbocycles. The lowest BCUT2D eigenvalue weighted by molar-refractivity contribution is -0.135. The van der Waals surface area contributed by atoms with E-state index in [4.69, 9.17) is 34.8 Å². The number of imide groups is 1. The van der Waals surface area contributed by atoms with Gasteiger partial charge in [-0.2, -0.15) is 4.99 Å². The van der Waals surface area contributed by atoms with Gasteiger partial charge in [-0.15, -0.1) is 0 Å². The molecule has 19 heavy (non-hydrogen) atoms. The SMILES string of the molecule is CN1C(=O)N(C)C2=NC(=O)N(C)[C@@]2(C(Cl)(Cl)Cl)C1=O. The Balaban J connectivity index is 2.76. The molecule has 0 saturated carbocycles. The fourth-order valence-electron chi connectivity index (χ4n) is 2.18. The van der Waals surface area contributed by atoms with E-state index in [0.717, 1.165) is 14.7 Å². The molecule has 2 rings (SSSR count). The first-order chi connectivity index (χ1) is 8.56. The molecule has 0 unspecified atom stereocenters. The van der Waals surface area contributed by atoms with Crippen LogP contribution in [-0.4, -0.2) is 69.0 Å². The number of halogens is 3. The summed E-state index contributed by atoms with van der Waals surface area (Å²) in [5.41, 5.74) is -1.94. The van der Waals surface area contributed by atoms with Crippen molar-refractivity contribution >= 4 is 58.6 Å². The third kappa shape index (κ3) is 1.52. The van der Waals surface area contributed by atoms with E-state index < -0.39 is 27.3 Å². The van der Waals surface area contributed by atoms with Crippen molar-refractivity contribution in [3.8, 4) is 0 Å². The zero-order valence-corrected chi connectivity index (χ0v) is 12.4. The van der Waals surface area contributed by atoms with Crippen LogP contribution >= 0.6 is 34.8 Å². The summed E-state index contributed by atoms with van der Waals surface area (Å²) >= 11 is 17.7. The first-order valence-corrected chi connectivity index (χ1v) is 6.19. The van der Waals surface area contributed by atoms with Gasteiger partial charge in [0, 0.05) is 21.1 Å². The van der Waals surface area contributed by atoms with Gasteiger partial charge in [-0.1, -0.05) is 34.8 Å². The van der Waals surface area contributed by atoms with Gasteiger partial charge in [0.15, 0.2) is 5.84 Å². The highest BCUT2D eigenvalue weighted by Crippen LogP contribution is 2.48. The molecule has 0 aromatic heterocycles. The Morgan fingerprint density at radius 2 is 1.58 bits per heavy atom. The molecule has 1 atom stereocenters. The number of carbonyl (C=O) groups is 3. The van der Waals surface area contributed by atoms with E-state index in [-0.39, 0.29) is 5.84 Å². The van der Waals surface area contributed by atoms with Crippen LogP contribution in [0.3, 0.4) is 0 Å². The molecular weight excluding hydrogens is 318 g/mol. The van der Waals surface area contributed by atoms with Crippen molar-refractivity contribution < 1.29 is 14.4 Å². The number of likely N-dealkylation sites (N-methyl/N-ethyl adjacent to an activating group) is 3. The molecule has 0 radical (unpaired) electrons. The average molecular weight is 328 g/mol. The third-order valence-corrected chi connectivity index (χ3v) is 4.05. The largest absolute Gasteiger partial charge is 0.346 e. The molecule has 0 N–H and O–H groups in total. The zero-order valence-electron chi connectivity index (χ0n) is 10.1. The topological polar surface area (TPSA) is 73.3 Å². The number of carbonyl (C=O) groups excluding carboxylic acids is 3. The molecular formula is C9H9Cl3N4O3. The minimum absolute atomic E-state index is 0.187. The van der Waals surface area contributed by atoms with Gasteiger partial charge >= 0.3 is 12.1 Å². The van der Waals surface area contributed by atoms with Gasteiger partial charge in [0.1, 0.15) is 0 Å². The second kappa shape index (κ2) is 3.97. The van der Waals surface area contributed by atoms with Crippen molar-refractivity contribution in [1.29, 1.82) is 0 Å². The molecule has 2 aliphatic heterocycles. The Morgan fingerprint density at radius 3 is 2.05 bits per heavy atom. The van der Waals surface area contributed by atoms with Gasteiger partial charge in [0.2, 0.25) is 9.33 Å². The number of fused-ring (bicyclic) bond motifs is 1. The first-order valence-electron chi connectivity index (χ1n) is 5.06. The predicted octanol–water partition coefficient (Wildman–Crippen LogP) is 1.08. The molecule has 104 valence electrons. The number of nitrogens with zero attached hydrogens (tertiary/aromatic N) is 4. The number of amides is 5. The van der Waals surface area contributed by atoms with Crippen LogP contribution in [-0.2, 0) is 4.79 Å². The monoisotopic (exact) mass is 326 g/mol. The van der Waals surface area contributed by atoms with Gasteiger partial charge in [0.25, 0.3) is 5.91 Å². The van der Waals surface area contributed by atoms with Gasteiger partial charge < -0.3 is 4.90 Å². The van der Waals surface area contributed by atoms with Crippen LogP contribution in [0.25, 0.3) is 0 Å². The second-order valence-electron chi connectivity index (χ2n) is 4.19. The summed E-state index contributed by atoms with van der Waals surface area (Å²) in [5.74, 6) is -1.00. The highest BCUT2D eigenvalue weighted by Gasteiger charge is 2.70. The molecule has 0 aromatic rings. The Hall–Kier alpha value is -1.05. The molecule has 0 bridgehead atoms. The highest BCUT2D eigenvalue weighted by molar-refractivity contribution is 6.71. The Labute approximate surface area is 123 Å². The van der Waals surface area contributed by atoms with Gasteiger partial charge in [-0.05, 0) is 0 Å². The Kier molecular flexibility index (Phi) is 3.00.